The van der Waals surface area contributed by atoms with Crippen molar-refractivity contribution in [2.45, 2.75) is 37.6 Å². The average Bonchev–Trinajstić information content (AvgIpc) is 2.86. The van der Waals surface area contributed by atoms with Gasteiger partial charge >= 0.3 is 0 Å². The number of rotatable bonds is 6. The molecule has 1 atom stereocenters. The maximum absolute atomic E-state index is 12.5. The predicted molar refractivity (Wildman–Crippen MR) is 102 cm³/mol. The second-order valence-corrected chi connectivity index (χ2v) is 8.34. The summed E-state index contributed by atoms with van der Waals surface area (Å²) < 4.78 is 25.7. The molecular weight excluding hydrogens is 364 g/mol. The topological polar surface area (TPSA) is 83.6 Å². The van der Waals surface area contributed by atoms with Crippen LogP contribution in [0, 0.1) is 0 Å². The summed E-state index contributed by atoms with van der Waals surface area (Å²) in [5, 5.41) is 2.85. The van der Waals surface area contributed by atoms with Gasteiger partial charge in [-0.2, -0.15) is 0 Å². The average molecular weight is 386 g/mol. The number of amides is 2. The lowest BCUT2D eigenvalue weighted by atomic mass is 10.0. The van der Waals surface area contributed by atoms with Crippen LogP contribution >= 0.6 is 0 Å². The van der Waals surface area contributed by atoms with Crippen LogP contribution in [-0.2, 0) is 21.2 Å². The summed E-state index contributed by atoms with van der Waals surface area (Å²) in [6.45, 7) is 3.77. The van der Waals surface area contributed by atoms with Crippen LogP contribution in [0.2, 0.25) is 0 Å². The van der Waals surface area contributed by atoms with E-state index in [1.807, 2.05) is 31.2 Å². The molecule has 2 aromatic rings. The van der Waals surface area contributed by atoms with E-state index in [1.54, 1.807) is 12.1 Å². The fraction of sp³-hybridized carbons (Fsp3) is 0.300. The van der Waals surface area contributed by atoms with Crippen LogP contribution in [-0.4, -0.2) is 31.1 Å². The largest absolute Gasteiger partial charge is 0.350 e. The van der Waals surface area contributed by atoms with E-state index in [0.717, 1.165) is 16.3 Å². The highest BCUT2D eigenvalue weighted by molar-refractivity contribution is 7.90. The molecule has 0 fully saturated rings. The van der Waals surface area contributed by atoms with Crippen molar-refractivity contribution in [3.8, 4) is 0 Å². The van der Waals surface area contributed by atoms with E-state index in [2.05, 4.69) is 12.2 Å². The summed E-state index contributed by atoms with van der Waals surface area (Å²) in [6, 6.07) is 13.9. The summed E-state index contributed by atoms with van der Waals surface area (Å²) in [5.74, 6) is -0.886. The van der Waals surface area contributed by atoms with Crippen LogP contribution in [0.4, 0.5) is 0 Å². The molecule has 0 bridgehead atoms. The number of nitrogens with one attached hydrogen (secondary N) is 1. The standard InChI is InChI=1S/C20H22N2O4S/c1-3-15-8-10-16(11-9-15)14(2)21-19(23)12-13-22-20(24)17-6-4-5-7-18(17)27(22,25)26/h4-11,14H,3,12-13H2,1-2H3,(H,21,23)/t14-/m1/s1. The molecule has 0 saturated heterocycles. The predicted octanol–water partition coefficient (Wildman–Crippen LogP) is 2.66. The van der Waals surface area contributed by atoms with E-state index < -0.39 is 15.9 Å². The van der Waals surface area contributed by atoms with Crippen LogP contribution in [0.5, 0.6) is 0 Å². The lowest BCUT2D eigenvalue weighted by Crippen LogP contribution is -2.35. The van der Waals surface area contributed by atoms with E-state index >= 15 is 0 Å². The number of fused-ring (bicyclic) bond motifs is 1. The van der Waals surface area contributed by atoms with Gasteiger partial charge in [-0.15, -0.1) is 0 Å². The van der Waals surface area contributed by atoms with Gasteiger partial charge in [0.15, 0.2) is 0 Å². The van der Waals surface area contributed by atoms with Crippen LogP contribution in [0.25, 0.3) is 0 Å². The van der Waals surface area contributed by atoms with E-state index in [4.69, 9.17) is 0 Å². The van der Waals surface area contributed by atoms with Gasteiger partial charge < -0.3 is 5.32 Å². The molecule has 27 heavy (non-hydrogen) atoms. The van der Waals surface area contributed by atoms with Crippen molar-refractivity contribution in [2.24, 2.45) is 0 Å². The van der Waals surface area contributed by atoms with Crippen molar-refractivity contribution in [3.05, 3.63) is 65.2 Å². The van der Waals surface area contributed by atoms with Crippen molar-refractivity contribution in [1.82, 2.24) is 9.62 Å². The smallest absolute Gasteiger partial charge is 0.269 e. The first-order chi connectivity index (χ1) is 12.8. The summed E-state index contributed by atoms with van der Waals surface area (Å²) in [6.07, 6.45) is 0.859. The number of nitrogens with zero attached hydrogens (tertiary/aromatic N) is 1. The highest BCUT2D eigenvalue weighted by Gasteiger charge is 2.40. The van der Waals surface area contributed by atoms with Crippen LogP contribution in [0.15, 0.2) is 53.4 Å². The van der Waals surface area contributed by atoms with Crippen molar-refractivity contribution in [1.29, 1.82) is 0 Å². The minimum absolute atomic E-state index is 0.000194. The quantitative estimate of drug-likeness (QED) is 0.827. The molecule has 0 spiro atoms. The fourth-order valence-electron chi connectivity index (χ4n) is 3.09. The number of carbonyl (C=O) groups excluding carboxylic acids is 2. The third kappa shape index (κ3) is 3.73. The molecule has 0 aromatic heterocycles. The SMILES string of the molecule is CCc1ccc([C@@H](C)NC(=O)CCN2C(=O)c3ccccc3S2(=O)=O)cc1. The molecule has 1 N–H and O–H groups in total. The van der Waals surface area contributed by atoms with Crippen LogP contribution < -0.4 is 5.32 Å². The Bertz CT molecular complexity index is 968. The summed E-state index contributed by atoms with van der Waals surface area (Å²) in [7, 11) is -3.88. The first-order valence-electron chi connectivity index (χ1n) is 8.89. The van der Waals surface area contributed by atoms with Gasteiger partial charge in [-0.1, -0.05) is 43.3 Å². The molecule has 1 heterocycles. The van der Waals surface area contributed by atoms with Gasteiger partial charge in [0.2, 0.25) is 5.91 Å². The van der Waals surface area contributed by atoms with Gasteiger partial charge in [-0.3, -0.25) is 9.59 Å². The van der Waals surface area contributed by atoms with Gasteiger partial charge in [-0.25, -0.2) is 12.7 Å². The van der Waals surface area contributed by atoms with Gasteiger partial charge in [0.05, 0.1) is 11.6 Å². The fourth-order valence-corrected chi connectivity index (χ4v) is 4.66. The summed E-state index contributed by atoms with van der Waals surface area (Å²) in [4.78, 5) is 24.6. The first kappa shape index (κ1) is 19.1. The number of hydrogen-bond donors (Lipinski definition) is 1. The van der Waals surface area contributed by atoms with Crippen LogP contribution in [0.3, 0.4) is 0 Å². The normalized spacial score (nSPS) is 16.1. The van der Waals surface area contributed by atoms with E-state index in [0.29, 0.717) is 0 Å². The Labute approximate surface area is 159 Å². The highest BCUT2D eigenvalue weighted by atomic mass is 32.2. The first-order valence-corrected chi connectivity index (χ1v) is 10.3. The Morgan fingerprint density at radius 1 is 1.11 bits per heavy atom. The number of benzene rings is 2. The Kier molecular flexibility index (Phi) is 5.32. The molecule has 2 amide bonds. The van der Waals surface area contributed by atoms with Gasteiger partial charge in [0, 0.05) is 13.0 Å². The third-order valence-corrected chi connectivity index (χ3v) is 6.56. The van der Waals surface area contributed by atoms with Crippen molar-refractivity contribution >= 4 is 21.8 Å². The molecule has 3 rings (SSSR count). The summed E-state index contributed by atoms with van der Waals surface area (Å²) in [5.41, 5.74) is 2.34. The second-order valence-electron chi connectivity index (χ2n) is 6.51. The molecule has 0 radical (unpaired) electrons. The lowest BCUT2D eigenvalue weighted by Gasteiger charge is -2.17. The van der Waals surface area contributed by atoms with Crippen molar-refractivity contribution in [3.63, 3.8) is 0 Å². The Hall–Kier alpha value is -2.67. The molecule has 0 aliphatic carbocycles. The van der Waals surface area contributed by atoms with E-state index in [-0.39, 0.29) is 35.4 Å². The zero-order valence-electron chi connectivity index (χ0n) is 15.3. The van der Waals surface area contributed by atoms with Crippen LogP contribution in [0.1, 0.15) is 47.8 Å². The summed E-state index contributed by atoms with van der Waals surface area (Å²) >= 11 is 0. The molecule has 1 aliphatic rings. The zero-order chi connectivity index (χ0) is 19.6. The Balaban J connectivity index is 1.62. The van der Waals surface area contributed by atoms with E-state index in [1.165, 1.54) is 17.7 Å². The lowest BCUT2D eigenvalue weighted by molar-refractivity contribution is -0.121. The molecule has 0 unspecified atom stereocenters. The molecule has 7 heteroatoms. The maximum Gasteiger partial charge on any atom is 0.269 e. The van der Waals surface area contributed by atoms with E-state index in [9.17, 15) is 18.0 Å². The molecule has 0 saturated carbocycles. The zero-order valence-corrected chi connectivity index (χ0v) is 16.1. The highest BCUT2D eigenvalue weighted by Crippen LogP contribution is 2.29. The number of hydrogen-bond acceptors (Lipinski definition) is 4. The van der Waals surface area contributed by atoms with Crippen molar-refractivity contribution in [2.75, 3.05) is 6.54 Å². The number of carbonyl (C=O) groups is 2. The second kappa shape index (κ2) is 7.52. The van der Waals surface area contributed by atoms with Crippen molar-refractivity contribution < 1.29 is 18.0 Å². The van der Waals surface area contributed by atoms with Gasteiger partial charge in [-0.05, 0) is 36.6 Å². The Morgan fingerprint density at radius 2 is 1.78 bits per heavy atom. The molecule has 2 aromatic carbocycles. The Morgan fingerprint density at radius 3 is 2.41 bits per heavy atom. The third-order valence-electron chi connectivity index (χ3n) is 4.72. The number of sulfonamides is 1. The maximum atomic E-state index is 12.5. The molecular formula is C20H22N2O4S. The molecule has 1 aliphatic heterocycles. The molecule has 6 nitrogen and oxygen atoms in total. The van der Waals surface area contributed by atoms with Gasteiger partial charge in [0.1, 0.15) is 4.90 Å². The number of aryl methyl sites for hydroxylation is 1. The molecule has 142 valence electrons. The minimum atomic E-state index is -3.88. The minimum Gasteiger partial charge on any atom is -0.350 e. The monoisotopic (exact) mass is 386 g/mol. The van der Waals surface area contributed by atoms with Gasteiger partial charge in [0.25, 0.3) is 15.9 Å².